The van der Waals surface area contributed by atoms with Gasteiger partial charge in [0, 0.05) is 12.8 Å². The number of aryl methyl sites for hydroxylation is 2. The van der Waals surface area contributed by atoms with Gasteiger partial charge in [0.15, 0.2) is 0 Å². The zero-order valence-electron chi connectivity index (χ0n) is 12.5. The van der Waals surface area contributed by atoms with Crippen LogP contribution in [0, 0.1) is 13.8 Å². The highest BCUT2D eigenvalue weighted by atomic mass is 16.5. The number of nitrogens with two attached hydrogens (primary N) is 1. The maximum atomic E-state index is 12.0. The summed E-state index contributed by atoms with van der Waals surface area (Å²) in [6.45, 7) is 4.07. The highest BCUT2D eigenvalue weighted by Gasteiger charge is 2.16. The van der Waals surface area contributed by atoms with Crippen molar-refractivity contribution in [3.63, 3.8) is 0 Å². The number of benzene rings is 1. The molecule has 0 aliphatic rings. The molecule has 1 atom stereocenters. The maximum absolute atomic E-state index is 12.0. The highest BCUT2D eigenvalue weighted by molar-refractivity contribution is 5.96. The minimum absolute atomic E-state index is 0.175. The first-order valence-electron chi connectivity index (χ1n) is 6.71. The first kappa shape index (κ1) is 15.2. The summed E-state index contributed by atoms with van der Waals surface area (Å²) in [4.78, 5) is 12.0. The Morgan fingerprint density at radius 3 is 2.76 bits per heavy atom. The maximum Gasteiger partial charge on any atom is 0.243 e. The van der Waals surface area contributed by atoms with Gasteiger partial charge in [-0.15, -0.1) is 0 Å². The number of nitrogens with zero attached hydrogens (tertiary/aromatic N) is 2. The summed E-state index contributed by atoms with van der Waals surface area (Å²) in [5, 5.41) is 7.26. The van der Waals surface area contributed by atoms with Gasteiger partial charge in [0.1, 0.15) is 6.04 Å². The fraction of sp³-hybridized carbons (Fsp3) is 0.333. The molecule has 0 saturated carbocycles. The average molecular weight is 288 g/mol. The third-order valence-corrected chi connectivity index (χ3v) is 3.08. The summed E-state index contributed by atoms with van der Waals surface area (Å²) in [6, 6.07) is 8.75. The zero-order chi connectivity index (χ0) is 15.4. The normalized spacial score (nSPS) is 12.2. The number of rotatable bonds is 5. The number of amides is 1. The van der Waals surface area contributed by atoms with E-state index in [1.165, 1.54) is 7.11 Å². The summed E-state index contributed by atoms with van der Waals surface area (Å²) >= 11 is 0. The summed E-state index contributed by atoms with van der Waals surface area (Å²) in [7, 11) is 1.51. The van der Waals surface area contributed by atoms with Crippen molar-refractivity contribution in [1.82, 2.24) is 9.78 Å². The Balaban J connectivity index is 2.29. The molecule has 1 heterocycles. The molecule has 1 unspecified atom stereocenters. The van der Waals surface area contributed by atoms with Gasteiger partial charge in [-0.2, -0.15) is 5.10 Å². The molecule has 0 aliphatic heterocycles. The van der Waals surface area contributed by atoms with Crippen molar-refractivity contribution in [2.24, 2.45) is 5.73 Å². The monoisotopic (exact) mass is 288 g/mol. The van der Waals surface area contributed by atoms with E-state index < -0.39 is 6.04 Å². The lowest BCUT2D eigenvalue weighted by molar-refractivity contribution is -0.118. The van der Waals surface area contributed by atoms with Gasteiger partial charge in [-0.05, 0) is 32.0 Å². The van der Waals surface area contributed by atoms with E-state index in [9.17, 15) is 4.79 Å². The van der Waals surface area contributed by atoms with Crippen LogP contribution in [0.5, 0.6) is 0 Å². The first-order valence-corrected chi connectivity index (χ1v) is 6.71. The van der Waals surface area contributed by atoms with Crippen molar-refractivity contribution in [3.05, 3.63) is 41.7 Å². The van der Waals surface area contributed by atoms with E-state index in [-0.39, 0.29) is 12.5 Å². The fourth-order valence-electron chi connectivity index (χ4n) is 2.12. The van der Waals surface area contributed by atoms with Gasteiger partial charge in [0.2, 0.25) is 5.91 Å². The minimum Gasteiger partial charge on any atom is -0.383 e. The molecule has 0 saturated heterocycles. The second-order valence-corrected chi connectivity index (χ2v) is 4.91. The van der Waals surface area contributed by atoms with Crippen LogP contribution < -0.4 is 11.1 Å². The molecular weight excluding hydrogens is 268 g/mol. The second-order valence-electron chi connectivity index (χ2n) is 4.91. The molecule has 0 aliphatic carbocycles. The van der Waals surface area contributed by atoms with E-state index in [0.717, 1.165) is 17.1 Å². The molecule has 2 rings (SSSR count). The number of carbonyl (C=O) groups is 1. The van der Waals surface area contributed by atoms with Crippen LogP contribution in [0.1, 0.15) is 11.4 Å². The molecule has 112 valence electrons. The van der Waals surface area contributed by atoms with Gasteiger partial charge in [-0.3, -0.25) is 4.79 Å². The standard InChI is InChI=1S/C15H20N4O2/c1-10-8-11(2)19(18-10)14-7-5-4-6-13(14)17-15(20)12(16)9-21-3/h4-8,12H,9,16H2,1-3H3,(H,17,20). The lowest BCUT2D eigenvalue weighted by Gasteiger charge is -2.15. The van der Waals surface area contributed by atoms with E-state index in [0.29, 0.717) is 5.69 Å². The summed E-state index contributed by atoms with van der Waals surface area (Å²) in [5.74, 6) is -0.286. The molecule has 21 heavy (non-hydrogen) atoms. The fourth-order valence-corrected chi connectivity index (χ4v) is 2.12. The van der Waals surface area contributed by atoms with Crippen molar-refractivity contribution in [2.45, 2.75) is 19.9 Å². The van der Waals surface area contributed by atoms with Crippen molar-refractivity contribution in [1.29, 1.82) is 0 Å². The number of methoxy groups -OCH3 is 1. The molecule has 2 aromatic rings. The van der Waals surface area contributed by atoms with Crippen LogP contribution in [-0.4, -0.2) is 35.4 Å². The van der Waals surface area contributed by atoms with Crippen LogP contribution >= 0.6 is 0 Å². The molecule has 6 nitrogen and oxygen atoms in total. The molecule has 1 aromatic heterocycles. The Morgan fingerprint density at radius 1 is 1.43 bits per heavy atom. The number of aromatic nitrogens is 2. The van der Waals surface area contributed by atoms with Crippen molar-refractivity contribution in [3.8, 4) is 5.69 Å². The Kier molecular flexibility index (Phi) is 4.72. The summed E-state index contributed by atoms with van der Waals surface area (Å²) in [6.07, 6.45) is 0. The average Bonchev–Trinajstić information content (AvgIpc) is 2.78. The van der Waals surface area contributed by atoms with Gasteiger partial charge < -0.3 is 15.8 Å². The van der Waals surface area contributed by atoms with Crippen LogP contribution in [0.25, 0.3) is 5.69 Å². The van der Waals surface area contributed by atoms with Crippen molar-refractivity contribution >= 4 is 11.6 Å². The van der Waals surface area contributed by atoms with Crippen LogP contribution in [0.15, 0.2) is 30.3 Å². The smallest absolute Gasteiger partial charge is 0.243 e. The number of carbonyl (C=O) groups excluding carboxylic acids is 1. The zero-order valence-corrected chi connectivity index (χ0v) is 12.5. The Morgan fingerprint density at radius 2 is 2.14 bits per heavy atom. The molecule has 1 amide bonds. The SMILES string of the molecule is COCC(N)C(=O)Nc1ccccc1-n1nc(C)cc1C. The minimum atomic E-state index is -0.705. The van der Waals surface area contributed by atoms with E-state index in [2.05, 4.69) is 10.4 Å². The van der Waals surface area contributed by atoms with Gasteiger partial charge in [-0.25, -0.2) is 4.68 Å². The molecule has 0 bridgehead atoms. The van der Waals surface area contributed by atoms with Gasteiger partial charge in [0.25, 0.3) is 0 Å². The number of hydrogen-bond acceptors (Lipinski definition) is 4. The molecule has 3 N–H and O–H groups in total. The molecule has 0 spiro atoms. The highest BCUT2D eigenvalue weighted by Crippen LogP contribution is 2.21. The number of para-hydroxylation sites is 2. The molecular formula is C15H20N4O2. The van der Waals surface area contributed by atoms with Crippen LogP contribution in [-0.2, 0) is 9.53 Å². The predicted molar refractivity (Wildman–Crippen MR) is 81.5 cm³/mol. The van der Waals surface area contributed by atoms with Crippen molar-refractivity contribution < 1.29 is 9.53 Å². The van der Waals surface area contributed by atoms with E-state index >= 15 is 0 Å². The Labute approximate surface area is 123 Å². The third-order valence-electron chi connectivity index (χ3n) is 3.08. The van der Waals surface area contributed by atoms with Gasteiger partial charge >= 0.3 is 0 Å². The molecule has 1 aromatic carbocycles. The second kappa shape index (κ2) is 6.51. The van der Waals surface area contributed by atoms with Crippen LogP contribution in [0.3, 0.4) is 0 Å². The van der Waals surface area contributed by atoms with E-state index in [1.54, 1.807) is 4.68 Å². The van der Waals surface area contributed by atoms with Gasteiger partial charge in [-0.1, -0.05) is 12.1 Å². The lowest BCUT2D eigenvalue weighted by Crippen LogP contribution is -2.39. The number of hydrogen-bond donors (Lipinski definition) is 2. The Hall–Kier alpha value is -2.18. The topological polar surface area (TPSA) is 82.2 Å². The molecule has 0 radical (unpaired) electrons. The van der Waals surface area contributed by atoms with Crippen molar-refractivity contribution in [2.75, 3.05) is 19.0 Å². The van der Waals surface area contributed by atoms with Crippen LogP contribution in [0.2, 0.25) is 0 Å². The third kappa shape index (κ3) is 3.48. The van der Waals surface area contributed by atoms with E-state index in [1.807, 2.05) is 44.2 Å². The Bertz CT molecular complexity index is 636. The quantitative estimate of drug-likeness (QED) is 0.871. The van der Waals surface area contributed by atoms with Crippen LogP contribution in [0.4, 0.5) is 5.69 Å². The summed E-state index contributed by atoms with van der Waals surface area (Å²) < 4.78 is 6.69. The number of nitrogens with one attached hydrogen (secondary N) is 1. The van der Waals surface area contributed by atoms with E-state index in [4.69, 9.17) is 10.5 Å². The first-order chi connectivity index (χ1) is 10.0. The molecule has 0 fully saturated rings. The van der Waals surface area contributed by atoms with Gasteiger partial charge in [0.05, 0.1) is 23.7 Å². The number of ether oxygens (including phenoxy) is 1. The number of anilines is 1. The summed E-state index contributed by atoms with van der Waals surface area (Å²) in [5.41, 5.74) is 9.13. The lowest BCUT2D eigenvalue weighted by atomic mass is 10.2. The predicted octanol–water partition coefficient (Wildman–Crippen LogP) is 1.40. The largest absolute Gasteiger partial charge is 0.383 e. The molecule has 6 heteroatoms.